The minimum atomic E-state index is -1.17. The van der Waals surface area contributed by atoms with Gasteiger partial charge in [0.1, 0.15) is 18.3 Å². The van der Waals surface area contributed by atoms with Crippen LogP contribution in [-0.2, 0) is 16.0 Å². The van der Waals surface area contributed by atoms with Gasteiger partial charge in [-0.25, -0.2) is 9.99 Å². The zero-order valence-corrected chi connectivity index (χ0v) is 16.1. The highest BCUT2D eigenvalue weighted by atomic mass is 16.4. The number of carboxylic acids is 1. The predicted molar refractivity (Wildman–Crippen MR) is 101 cm³/mol. The van der Waals surface area contributed by atoms with Crippen LogP contribution in [0.4, 0.5) is 5.69 Å². The highest BCUT2D eigenvalue weighted by Gasteiger charge is 2.35. The molecule has 3 N–H and O–H groups in total. The Hall–Kier alpha value is -3.20. The van der Waals surface area contributed by atoms with E-state index in [4.69, 9.17) is 0 Å². The van der Waals surface area contributed by atoms with E-state index in [0.29, 0.717) is 18.0 Å². The van der Waals surface area contributed by atoms with E-state index in [2.05, 4.69) is 15.1 Å². The Balaban J connectivity index is 1.83. The number of carboxylic acid groups (broad SMARTS) is 1. The largest absolute Gasteiger partial charge is 0.544 e. The maximum Gasteiger partial charge on any atom is 0.239 e. The second-order valence-corrected chi connectivity index (χ2v) is 7.03. The number of aromatic amines is 1. The van der Waals surface area contributed by atoms with Crippen LogP contribution in [-0.4, -0.2) is 65.3 Å². The van der Waals surface area contributed by atoms with Crippen LogP contribution >= 0.6 is 0 Å². The van der Waals surface area contributed by atoms with Gasteiger partial charge in [0.2, 0.25) is 5.91 Å². The molecule has 1 aromatic carbocycles. The van der Waals surface area contributed by atoms with E-state index in [-0.39, 0.29) is 18.4 Å². The molecule has 0 radical (unpaired) electrons. The molecule has 0 unspecified atom stereocenters. The number of benzene rings is 1. The standard InChI is InChI=1S/C19H24N6O3/c1-12(26)25-10-17(22-16(19(27)28)8-14-9-20-11-21-14)18(23-25)13-4-6-15(7-5-13)24(2)3/h4-7,9,11,16-17,22H,8,10H2,1-3H3,(H,20,21)(H,27,28)/t16-,17-/m0/s1. The first kappa shape index (κ1) is 19.6. The van der Waals surface area contributed by atoms with E-state index in [1.54, 1.807) is 11.5 Å². The van der Waals surface area contributed by atoms with Crippen molar-refractivity contribution >= 4 is 23.3 Å². The fraction of sp³-hybridized carbons (Fsp3) is 0.368. The lowest BCUT2D eigenvalue weighted by Gasteiger charge is -2.21. The van der Waals surface area contributed by atoms with Crippen LogP contribution in [0.3, 0.4) is 0 Å². The van der Waals surface area contributed by atoms with E-state index in [1.807, 2.05) is 43.3 Å². The van der Waals surface area contributed by atoms with Gasteiger partial charge in [0.15, 0.2) is 6.04 Å². The van der Waals surface area contributed by atoms with Gasteiger partial charge in [-0.05, 0) is 12.1 Å². The molecule has 2 atom stereocenters. The van der Waals surface area contributed by atoms with Gasteiger partial charge in [-0.3, -0.25) is 4.79 Å². The summed E-state index contributed by atoms with van der Waals surface area (Å²) in [6.07, 6.45) is 3.34. The molecule has 0 bridgehead atoms. The number of nitrogens with one attached hydrogen (secondary N) is 1. The Bertz CT molecular complexity index is 860. The van der Waals surface area contributed by atoms with Crippen LogP contribution in [0.5, 0.6) is 0 Å². The third-order valence-corrected chi connectivity index (χ3v) is 4.75. The molecule has 0 saturated carbocycles. The van der Waals surface area contributed by atoms with Gasteiger partial charge in [-0.15, -0.1) is 0 Å². The Morgan fingerprint density at radius 1 is 1.36 bits per heavy atom. The van der Waals surface area contributed by atoms with E-state index in [1.165, 1.54) is 18.3 Å². The summed E-state index contributed by atoms with van der Waals surface area (Å²) in [5, 5.41) is 19.2. The zero-order chi connectivity index (χ0) is 20.3. The van der Waals surface area contributed by atoms with Crippen molar-refractivity contribution in [2.24, 2.45) is 5.10 Å². The highest BCUT2D eigenvalue weighted by Crippen LogP contribution is 2.17. The smallest absolute Gasteiger partial charge is 0.239 e. The fourth-order valence-electron chi connectivity index (χ4n) is 3.21. The number of hydrogen-bond acceptors (Lipinski definition) is 6. The number of imidazole rings is 1. The number of hydrogen-bond donors (Lipinski definition) is 2. The molecule has 1 aliphatic heterocycles. The third-order valence-electron chi connectivity index (χ3n) is 4.75. The van der Waals surface area contributed by atoms with Crippen LogP contribution in [0, 0.1) is 0 Å². The molecule has 0 saturated heterocycles. The molecule has 9 heteroatoms. The summed E-state index contributed by atoms with van der Waals surface area (Å²) < 4.78 is 0. The number of amides is 1. The van der Waals surface area contributed by atoms with Crippen LogP contribution < -0.4 is 15.3 Å². The number of H-pyrrole nitrogens is 1. The first-order valence-corrected chi connectivity index (χ1v) is 9.02. The van der Waals surface area contributed by atoms with Crippen molar-refractivity contribution in [2.45, 2.75) is 25.4 Å². The van der Waals surface area contributed by atoms with Gasteiger partial charge < -0.3 is 25.1 Å². The molecular formula is C19H24N6O3. The van der Waals surface area contributed by atoms with Crippen molar-refractivity contribution in [3.63, 3.8) is 0 Å². The normalized spacial score (nSPS) is 17.3. The van der Waals surface area contributed by atoms with Crippen LogP contribution in [0.2, 0.25) is 0 Å². The van der Waals surface area contributed by atoms with Crippen LogP contribution in [0.25, 0.3) is 0 Å². The Morgan fingerprint density at radius 2 is 2.07 bits per heavy atom. The van der Waals surface area contributed by atoms with Gasteiger partial charge in [0.25, 0.3) is 0 Å². The zero-order valence-electron chi connectivity index (χ0n) is 16.1. The summed E-state index contributed by atoms with van der Waals surface area (Å²) in [5.74, 6) is -1.35. The van der Waals surface area contributed by atoms with Crippen molar-refractivity contribution in [3.05, 3.63) is 48.0 Å². The topological polar surface area (TPSA) is 121 Å². The number of quaternary nitrogens is 1. The maximum absolute atomic E-state index is 11.8. The molecule has 1 aliphatic rings. The summed E-state index contributed by atoms with van der Waals surface area (Å²) in [6.45, 7) is 1.76. The number of rotatable bonds is 7. The second-order valence-electron chi connectivity index (χ2n) is 7.03. The molecule has 1 amide bonds. The number of carbonyl (C=O) groups is 2. The molecule has 1 aromatic heterocycles. The van der Waals surface area contributed by atoms with E-state index in [9.17, 15) is 14.7 Å². The summed E-state index contributed by atoms with van der Waals surface area (Å²) in [7, 11) is 3.91. The van der Waals surface area contributed by atoms with Crippen LogP contribution in [0.1, 0.15) is 18.2 Å². The molecule has 0 aliphatic carbocycles. The summed E-state index contributed by atoms with van der Waals surface area (Å²) in [6, 6.07) is 6.66. The van der Waals surface area contributed by atoms with Crippen molar-refractivity contribution in [2.75, 3.05) is 25.5 Å². The van der Waals surface area contributed by atoms with Gasteiger partial charge in [-0.2, -0.15) is 5.10 Å². The minimum Gasteiger partial charge on any atom is -0.544 e. The summed E-state index contributed by atoms with van der Waals surface area (Å²) in [5.41, 5.74) is 3.28. The number of anilines is 1. The quantitative estimate of drug-likeness (QED) is 0.592. The first-order valence-electron chi connectivity index (χ1n) is 9.02. The monoisotopic (exact) mass is 384 g/mol. The summed E-state index contributed by atoms with van der Waals surface area (Å²) >= 11 is 0. The van der Waals surface area contributed by atoms with E-state index >= 15 is 0 Å². The van der Waals surface area contributed by atoms with Crippen molar-refractivity contribution in [1.29, 1.82) is 0 Å². The van der Waals surface area contributed by atoms with Gasteiger partial charge >= 0.3 is 0 Å². The number of aromatic nitrogens is 2. The second kappa shape index (κ2) is 8.22. The Morgan fingerprint density at radius 3 is 2.61 bits per heavy atom. The molecule has 0 fully saturated rings. The third kappa shape index (κ3) is 4.37. The van der Waals surface area contributed by atoms with Crippen molar-refractivity contribution in [3.8, 4) is 0 Å². The number of nitrogens with zero attached hydrogens (tertiary/aromatic N) is 4. The van der Waals surface area contributed by atoms with Gasteiger partial charge in [-0.1, -0.05) is 12.1 Å². The highest BCUT2D eigenvalue weighted by molar-refractivity contribution is 6.05. The first-order chi connectivity index (χ1) is 13.3. The lowest BCUT2D eigenvalue weighted by atomic mass is 10.0. The molecule has 9 nitrogen and oxygen atoms in total. The number of hydrazone groups is 1. The molecule has 2 aromatic rings. The Kier molecular flexibility index (Phi) is 5.74. The van der Waals surface area contributed by atoms with Crippen molar-refractivity contribution < 1.29 is 20.0 Å². The minimum absolute atomic E-state index is 0.183. The van der Waals surface area contributed by atoms with Crippen LogP contribution in [0.15, 0.2) is 41.9 Å². The Labute approximate surface area is 163 Å². The van der Waals surface area contributed by atoms with Gasteiger partial charge in [0.05, 0.1) is 12.3 Å². The predicted octanol–water partition coefficient (Wildman–Crippen LogP) is -1.66. The van der Waals surface area contributed by atoms with Gasteiger partial charge in [0, 0.05) is 50.6 Å². The molecule has 0 spiro atoms. The molecular weight excluding hydrogens is 360 g/mol. The average molecular weight is 384 g/mol. The molecule has 2 heterocycles. The molecule has 3 rings (SSSR count). The van der Waals surface area contributed by atoms with E-state index in [0.717, 1.165) is 11.3 Å². The SMILES string of the molecule is CC(=O)N1C[C@H]([NH2+][C@@H](Cc2cnc[nH]2)C(=O)[O-])C(c2ccc(N(C)C)cc2)=N1. The van der Waals surface area contributed by atoms with Crippen molar-refractivity contribution in [1.82, 2.24) is 15.0 Å². The summed E-state index contributed by atoms with van der Waals surface area (Å²) in [4.78, 5) is 32.4. The fourth-order valence-corrected chi connectivity index (χ4v) is 3.21. The molecule has 28 heavy (non-hydrogen) atoms. The molecule has 148 valence electrons. The maximum atomic E-state index is 11.8. The number of nitrogens with two attached hydrogens (primary N) is 1. The van der Waals surface area contributed by atoms with E-state index < -0.39 is 12.0 Å². The average Bonchev–Trinajstić information content (AvgIpc) is 3.31. The number of carbonyl (C=O) groups excluding carboxylic acids is 2. The number of aliphatic carboxylic acids is 1. The lowest BCUT2D eigenvalue weighted by molar-refractivity contribution is -0.699. The lowest BCUT2D eigenvalue weighted by Crippen LogP contribution is -3.00.